The number of benzene rings is 1. The fourth-order valence-electron chi connectivity index (χ4n) is 3.52. The zero-order valence-electron chi connectivity index (χ0n) is 15.9. The Kier molecular flexibility index (Phi) is 5.52. The summed E-state index contributed by atoms with van der Waals surface area (Å²) >= 11 is 0. The minimum absolute atomic E-state index is 0.736. The quantitative estimate of drug-likeness (QED) is 0.822. The minimum Gasteiger partial charge on any atom is -0.399 e. The highest BCUT2D eigenvalue weighted by Gasteiger charge is 2.21. The number of anilines is 2. The molecule has 0 atom stereocenters. The Hall–Kier alpha value is -2.22. The molecule has 1 aromatic carbocycles. The molecule has 4 rings (SSSR count). The summed E-state index contributed by atoms with van der Waals surface area (Å²) in [6, 6.07) is 7.77. The lowest BCUT2D eigenvalue weighted by Gasteiger charge is -2.31. The summed E-state index contributed by atoms with van der Waals surface area (Å²) in [7, 11) is 0. The molecule has 0 bridgehead atoms. The van der Waals surface area contributed by atoms with Crippen molar-refractivity contribution in [2.75, 3.05) is 63.2 Å². The summed E-state index contributed by atoms with van der Waals surface area (Å²) < 4.78 is 11.0. The highest BCUT2D eigenvalue weighted by molar-refractivity contribution is 5.62. The van der Waals surface area contributed by atoms with Crippen molar-refractivity contribution >= 4 is 11.5 Å². The molecule has 2 aliphatic rings. The predicted octanol–water partition coefficient (Wildman–Crippen LogP) is 1.70. The number of rotatable bonds is 4. The van der Waals surface area contributed by atoms with Crippen LogP contribution in [0.2, 0.25) is 0 Å². The molecule has 0 spiro atoms. The third-order valence-electron chi connectivity index (χ3n) is 5.18. The van der Waals surface area contributed by atoms with E-state index < -0.39 is 0 Å². The number of nitrogen functional groups attached to an aromatic ring is 1. The van der Waals surface area contributed by atoms with Crippen molar-refractivity contribution in [1.82, 2.24) is 14.9 Å². The smallest absolute Gasteiger partial charge is 0.161 e. The Morgan fingerprint density at radius 2 is 1.56 bits per heavy atom. The van der Waals surface area contributed by atoms with Gasteiger partial charge in [0.05, 0.1) is 32.1 Å². The van der Waals surface area contributed by atoms with Gasteiger partial charge in [-0.15, -0.1) is 0 Å². The van der Waals surface area contributed by atoms with Gasteiger partial charge in [0.15, 0.2) is 5.82 Å². The zero-order valence-corrected chi connectivity index (χ0v) is 15.9. The molecule has 144 valence electrons. The number of ether oxygens (including phenoxy) is 2. The molecule has 7 nitrogen and oxygen atoms in total. The van der Waals surface area contributed by atoms with Crippen LogP contribution in [0.1, 0.15) is 11.3 Å². The van der Waals surface area contributed by atoms with Gasteiger partial charge in [-0.25, -0.2) is 9.97 Å². The monoisotopic (exact) mass is 369 g/mol. The molecule has 0 amide bonds. The van der Waals surface area contributed by atoms with Crippen molar-refractivity contribution in [2.24, 2.45) is 0 Å². The summed E-state index contributed by atoms with van der Waals surface area (Å²) in [6.07, 6.45) is 0. The molecular weight excluding hydrogens is 342 g/mol. The van der Waals surface area contributed by atoms with Gasteiger partial charge in [0.2, 0.25) is 0 Å². The minimum atomic E-state index is 0.736. The SMILES string of the molecule is Cc1c(CN2CCOCC2)nc(-c2ccc(N)cc2)nc1N1CCOCC1. The highest BCUT2D eigenvalue weighted by atomic mass is 16.5. The van der Waals surface area contributed by atoms with Gasteiger partial charge < -0.3 is 20.1 Å². The summed E-state index contributed by atoms with van der Waals surface area (Å²) in [4.78, 5) is 14.6. The van der Waals surface area contributed by atoms with Crippen LogP contribution >= 0.6 is 0 Å². The molecule has 3 heterocycles. The summed E-state index contributed by atoms with van der Waals surface area (Å²) in [6.45, 7) is 9.58. The van der Waals surface area contributed by atoms with Crippen LogP contribution in [-0.2, 0) is 16.0 Å². The van der Waals surface area contributed by atoms with Crippen LogP contribution in [0.4, 0.5) is 11.5 Å². The topological polar surface area (TPSA) is 76.7 Å². The average molecular weight is 369 g/mol. The largest absolute Gasteiger partial charge is 0.399 e. The van der Waals surface area contributed by atoms with Crippen LogP contribution in [0, 0.1) is 6.92 Å². The third kappa shape index (κ3) is 4.21. The van der Waals surface area contributed by atoms with E-state index in [1.165, 1.54) is 0 Å². The third-order valence-corrected chi connectivity index (χ3v) is 5.18. The molecule has 0 unspecified atom stereocenters. The fourth-order valence-corrected chi connectivity index (χ4v) is 3.52. The normalized spacial score (nSPS) is 18.6. The molecule has 2 aliphatic heterocycles. The first kappa shape index (κ1) is 18.2. The van der Waals surface area contributed by atoms with Crippen LogP contribution < -0.4 is 10.6 Å². The van der Waals surface area contributed by atoms with Gasteiger partial charge in [-0.05, 0) is 31.2 Å². The van der Waals surface area contributed by atoms with Crippen molar-refractivity contribution in [3.8, 4) is 11.4 Å². The first-order valence-corrected chi connectivity index (χ1v) is 9.57. The van der Waals surface area contributed by atoms with Gasteiger partial charge in [-0.1, -0.05) is 0 Å². The van der Waals surface area contributed by atoms with E-state index in [1.807, 2.05) is 24.3 Å². The van der Waals surface area contributed by atoms with Crippen molar-refractivity contribution in [1.29, 1.82) is 0 Å². The summed E-state index contributed by atoms with van der Waals surface area (Å²) in [5.41, 5.74) is 9.82. The molecule has 2 aromatic rings. The van der Waals surface area contributed by atoms with E-state index in [-0.39, 0.29) is 0 Å². The standard InChI is InChI=1S/C20H27N5O2/c1-15-18(14-24-6-10-26-11-7-24)22-19(16-2-4-17(21)5-3-16)23-20(15)25-8-12-27-13-9-25/h2-5H,6-14,21H2,1H3. The number of nitrogens with two attached hydrogens (primary N) is 1. The zero-order chi connectivity index (χ0) is 18.6. The van der Waals surface area contributed by atoms with E-state index in [9.17, 15) is 0 Å². The maximum absolute atomic E-state index is 5.85. The molecule has 27 heavy (non-hydrogen) atoms. The summed E-state index contributed by atoms with van der Waals surface area (Å²) in [5.74, 6) is 1.77. The lowest BCUT2D eigenvalue weighted by Crippen LogP contribution is -2.38. The Bertz CT molecular complexity index is 769. The highest BCUT2D eigenvalue weighted by Crippen LogP contribution is 2.27. The number of nitrogens with zero attached hydrogens (tertiary/aromatic N) is 4. The van der Waals surface area contributed by atoms with E-state index in [0.29, 0.717) is 0 Å². The molecule has 2 saturated heterocycles. The van der Waals surface area contributed by atoms with Gasteiger partial charge in [-0.2, -0.15) is 0 Å². The van der Waals surface area contributed by atoms with Crippen LogP contribution in [0.15, 0.2) is 24.3 Å². The van der Waals surface area contributed by atoms with Gasteiger partial charge in [0, 0.05) is 49.5 Å². The van der Waals surface area contributed by atoms with Crippen LogP contribution in [0.3, 0.4) is 0 Å². The van der Waals surface area contributed by atoms with E-state index in [1.54, 1.807) is 0 Å². The molecule has 0 aliphatic carbocycles. The van der Waals surface area contributed by atoms with Gasteiger partial charge in [0.1, 0.15) is 5.82 Å². The van der Waals surface area contributed by atoms with E-state index in [0.717, 1.165) is 93.3 Å². The van der Waals surface area contributed by atoms with Crippen molar-refractivity contribution < 1.29 is 9.47 Å². The van der Waals surface area contributed by atoms with Crippen molar-refractivity contribution in [2.45, 2.75) is 13.5 Å². The second-order valence-corrected chi connectivity index (χ2v) is 7.05. The molecule has 0 radical (unpaired) electrons. The molecule has 2 fully saturated rings. The number of hydrogen-bond donors (Lipinski definition) is 1. The number of morpholine rings is 2. The molecular formula is C20H27N5O2. The lowest BCUT2D eigenvalue weighted by molar-refractivity contribution is 0.0335. The molecule has 1 aromatic heterocycles. The lowest BCUT2D eigenvalue weighted by atomic mass is 10.1. The maximum atomic E-state index is 5.85. The maximum Gasteiger partial charge on any atom is 0.161 e. The second kappa shape index (κ2) is 8.21. The van der Waals surface area contributed by atoms with Gasteiger partial charge in [-0.3, -0.25) is 4.90 Å². The number of hydrogen-bond acceptors (Lipinski definition) is 7. The van der Waals surface area contributed by atoms with E-state index in [4.69, 9.17) is 25.2 Å². The first-order chi connectivity index (χ1) is 13.2. The Morgan fingerprint density at radius 1 is 0.926 bits per heavy atom. The number of aromatic nitrogens is 2. The van der Waals surface area contributed by atoms with Gasteiger partial charge in [0.25, 0.3) is 0 Å². The average Bonchev–Trinajstić information content (AvgIpc) is 2.71. The Balaban J connectivity index is 1.71. The van der Waals surface area contributed by atoms with E-state index >= 15 is 0 Å². The van der Waals surface area contributed by atoms with Crippen molar-refractivity contribution in [3.63, 3.8) is 0 Å². The van der Waals surface area contributed by atoms with Gasteiger partial charge >= 0.3 is 0 Å². The van der Waals surface area contributed by atoms with E-state index in [2.05, 4.69) is 16.7 Å². The Morgan fingerprint density at radius 3 is 2.22 bits per heavy atom. The second-order valence-electron chi connectivity index (χ2n) is 7.05. The molecule has 2 N–H and O–H groups in total. The molecule has 0 saturated carbocycles. The fraction of sp³-hybridized carbons (Fsp3) is 0.500. The van der Waals surface area contributed by atoms with Crippen LogP contribution in [0.25, 0.3) is 11.4 Å². The predicted molar refractivity (Wildman–Crippen MR) is 106 cm³/mol. The van der Waals surface area contributed by atoms with Crippen LogP contribution in [0.5, 0.6) is 0 Å². The summed E-state index contributed by atoms with van der Waals surface area (Å²) in [5, 5.41) is 0. The first-order valence-electron chi connectivity index (χ1n) is 9.57. The van der Waals surface area contributed by atoms with Crippen molar-refractivity contribution in [3.05, 3.63) is 35.5 Å². The van der Waals surface area contributed by atoms with Crippen LogP contribution in [-0.4, -0.2) is 67.5 Å². The Labute approximate surface area is 160 Å². The molecule has 7 heteroatoms.